The van der Waals surface area contributed by atoms with E-state index in [-0.39, 0.29) is 5.54 Å². The average Bonchev–Trinajstić information content (AvgIpc) is 2.21. The Kier molecular flexibility index (Phi) is 5.78. The van der Waals surface area contributed by atoms with Crippen molar-refractivity contribution in [2.75, 3.05) is 6.54 Å². The summed E-state index contributed by atoms with van der Waals surface area (Å²) in [6.45, 7) is 7.62. The molecule has 0 bridgehead atoms. The largest absolute Gasteiger partial charge is 0.312 e. The van der Waals surface area contributed by atoms with Crippen LogP contribution in [-0.2, 0) is 6.42 Å². The highest BCUT2D eigenvalue weighted by Gasteiger charge is 2.07. The van der Waals surface area contributed by atoms with Crippen molar-refractivity contribution in [1.82, 2.24) is 5.32 Å². The van der Waals surface area contributed by atoms with Crippen molar-refractivity contribution in [2.24, 2.45) is 0 Å². The van der Waals surface area contributed by atoms with Gasteiger partial charge in [0.1, 0.15) is 0 Å². The highest BCUT2D eigenvalue weighted by molar-refractivity contribution is 6.42. The van der Waals surface area contributed by atoms with Crippen LogP contribution >= 0.6 is 23.2 Å². The van der Waals surface area contributed by atoms with Gasteiger partial charge < -0.3 is 5.32 Å². The van der Waals surface area contributed by atoms with Gasteiger partial charge in [-0.2, -0.15) is 0 Å². The van der Waals surface area contributed by atoms with E-state index in [0.717, 1.165) is 13.0 Å². The molecule has 1 N–H and O–H groups in total. The Bertz CT molecular complexity index is 356. The molecule has 0 aromatic heterocycles. The highest BCUT2D eigenvalue weighted by atomic mass is 35.5. The molecule has 1 aromatic carbocycles. The summed E-state index contributed by atoms with van der Waals surface area (Å²) in [4.78, 5) is 0. The molecular weight excluding hydrogens is 253 g/mol. The van der Waals surface area contributed by atoms with Crippen LogP contribution in [0, 0.1) is 0 Å². The molecular formula is C14H21Cl2N. The van der Waals surface area contributed by atoms with E-state index >= 15 is 0 Å². The van der Waals surface area contributed by atoms with Crippen molar-refractivity contribution in [3.63, 3.8) is 0 Å². The van der Waals surface area contributed by atoms with Gasteiger partial charge in [-0.3, -0.25) is 0 Å². The first-order chi connectivity index (χ1) is 7.88. The summed E-state index contributed by atoms with van der Waals surface area (Å²) in [6.07, 6.45) is 3.40. The summed E-state index contributed by atoms with van der Waals surface area (Å²) >= 11 is 11.8. The molecule has 0 aliphatic rings. The molecule has 0 saturated carbocycles. The maximum absolute atomic E-state index is 5.97. The minimum Gasteiger partial charge on any atom is -0.312 e. The fourth-order valence-electron chi connectivity index (χ4n) is 1.61. The normalized spacial score (nSPS) is 11.8. The predicted molar refractivity (Wildman–Crippen MR) is 77.2 cm³/mol. The van der Waals surface area contributed by atoms with Crippen LogP contribution in [0.5, 0.6) is 0 Å². The second-order valence-corrected chi connectivity index (χ2v) is 6.20. The molecule has 1 rings (SSSR count). The lowest BCUT2D eigenvalue weighted by Crippen LogP contribution is -2.36. The number of benzene rings is 1. The van der Waals surface area contributed by atoms with Crippen molar-refractivity contribution < 1.29 is 0 Å². The second kappa shape index (κ2) is 6.63. The third-order valence-electron chi connectivity index (χ3n) is 2.53. The number of nitrogens with one attached hydrogen (secondary N) is 1. The Morgan fingerprint density at radius 2 is 1.76 bits per heavy atom. The molecule has 0 radical (unpaired) electrons. The highest BCUT2D eigenvalue weighted by Crippen LogP contribution is 2.23. The zero-order valence-electron chi connectivity index (χ0n) is 10.8. The van der Waals surface area contributed by atoms with E-state index in [1.165, 1.54) is 18.4 Å². The van der Waals surface area contributed by atoms with Gasteiger partial charge in [-0.05, 0) is 64.3 Å². The molecule has 0 fully saturated rings. The number of hydrogen-bond donors (Lipinski definition) is 1. The third kappa shape index (κ3) is 6.30. The van der Waals surface area contributed by atoms with Gasteiger partial charge >= 0.3 is 0 Å². The molecule has 1 aromatic rings. The van der Waals surface area contributed by atoms with Gasteiger partial charge in [0.15, 0.2) is 0 Å². The third-order valence-corrected chi connectivity index (χ3v) is 3.27. The summed E-state index contributed by atoms with van der Waals surface area (Å²) in [6, 6.07) is 5.87. The summed E-state index contributed by atoms with van der Waals surface area (Å²) in [5, 5.41) is 4.76. The topological polar surface area (TPSA) is 12.0 Å². The molecule has 1 nitrogen and oxygen atoms in total. The van der Waals surface area contributed by atoms with Crippen molar-refractivity contribution in [1.29, 1.82) is 0 Å². The Hall–Kier alpha value is -0.240. The average molecular weight is 274 g/mol. The van der Waals surface area contributed by atoms with E-state index in [4.69, 9.17) is 23.2 Å². The van der Waals surface area contributed by atoms with E-state index in [1.807, 2.05) is 18.2 Å². The molecule has 0 spiro atoms. The number of hydrogen-bond acceptors (Lipinski definition) is 1. The van der Waals surface area contributed by atoms with Crippen LogP contribution in [0.4, 0.5) is 0 Å². The minimum absolute atomic E-state index is 0.212. The molecule has 0 saturated heterocycles. The molecule has 0 aliphatic carbocycles. The van der Waals surface area contributed by atoms with Crippen molar-refractivity contribution >= 4 is 23.2 Å². The first kappa shape index (κ1) is 14.8. The predicted octanol–water partition coefficient (Wildman–Crippen LogP) is 4.70. The Balaban J connectivity index is 2.25. The maximum Gasteiger partial charge on any atom is 0.0595 e. The van der Waals surface area contributed by atoms with Crippen LogP contribution in [0.3, 0.4) is 0 Å². The molecule has 96 valence electrons. The molecule has 0 amide bonds. The van der Waals surface area contributed by atoms with E-state index in [1.54, 1.807) is 0 Å². The fraction of sp³-hybridized carbons (Fsp3) is 0.571. The van der Waals surface area contributed by atoms with Crippen LogP contribution in [-0.4, -0.2) is 12.1 Å². The molecule has 3 heteroatoms. The van der Waals surface area contributed by atoms with Gasteiger partial charge in [0, 0.05) is 5.54 Å². The smallest absolute Gasteiger partial charge is 0.0595 e. The van der Waals surface area contributed by atoms with Crippen LogP contribution in [0.2, 0.25) is 10.0 Å². The zero-order valence-corrected chi connectivity index (χ0v) is 12.3. The number of halogens is 2. The first-order valence-corrected chi connectivity index (χ1v) is 6.83. The summed E-state index contributed by atoms with van der Waals surface area (Å²) in [5.74, 6) is 0. The SMILES string of the molecule is CC(C)(C)NCCCCc1ccc(Cl)c(Cl)c1. The Morgan fingerprint density at radius 1 is 1.06 bits per heavy atom. The Morgan fingerprint density at radius 3 is 2.35 bits per heavy atom. The summed E-state index contributed by atoms with van der Waals surface area (Å²) in [5.41, 5.74) is 1.47. The molecule has 0 aliphatic heterocycles. The first-order valence-electron chi connectivity index (χ1n) is 6.07. The van der Waals surface area contributed by atoms with Crippen LogP contribution < -0.4 is 5.32 Å². The van der Waals surface area contributed by atoms with Gasteiger partial charge in [0.2, 0.25) is 0 Å². The van der Waals surface area contributed by atoms with Crippen LogP contribution in [0.15, 0.2) is 18.2 Å². The lowest BCUT2D eigenvalue weighted by atomic mass is 10.1. The van der Waals surface area contributed by atoms with Crippen molar-refractivity contribution in [3.05, 3.63) is 33.8 Å². The van der Waals surface area contributed by atoms with Gasteiger partial charge in [0.05, 0.1) is 10.0 Å². The van der Waals surface area contributed by atoms with Gasteiger partial charge in [-0.1, -0.05) is 29.3 Å². The number of aryl methyl sites for hydroxylation is 1. The standard InChI is InChI=1S/C14H21Cl2N/c1-14(2,3)17-9-5-4-6-11-7-8-12(15)13(16)10-11/h7-8,10,17H,4-6,9H2,1-3H3. The number of unbranched alkanes of at least 4 members (excludes halogenated alkanes) is 1. The van der Waals surface area contributed by atoms with Crippen LogP contribution in [0.25, 0.3) is 0 Å². The molecule has 0 heterocycles. The van der Waals surface area contributed by atoms with E-state index in [2.05, 4.69) is 26.1 Å². The molecule has 17 heavy (non-hydrogen) atoms. The maximum atomic E-state index is 5.97. The lowest BCUT2D eigenvalue weighted by Gasteiger charge is -2.20. The van der Waals surface area contributed by atoms with Gasteiger partial charge in [-0.15, -0.1) is 0 Å². The summed E-state index contributed by atoms with van der Waals surface area (Å²) < 4.78 is 0. The second-order valence-electron chi connectivity index (χ2n) is 5.38. The van der Waals surface area contributed by atoms with Gasteiger partial charge in [-0.25, -0.2) is 0 Å². The quantitative estimate of drug-likeness (QED) is 0.767. The van der Waals surface area contributed by atoms with Crippen molar-refractivity contribution in [2.45, 2.75) is 45.6 Å². The zero-order chi connectivity index (χ0) is 12.9. The van der Waals surface area contributed by atoms with E-state index in [9.17, 15) is 0 Å². The Labute approximate surface area is 115 Å². The van der Waals surface area contributed by atoms with Crippen molar-refractivity contribution in [3.8, 4) is 0 Å². The molecule has 0 atom stereocenters. The summed E-state index contributed by atoms with van der Waals surface area (Å²) in [7, 11) is 0. The fourth-order valence-corrected chi connectivity index (χ4v) is 1.93. The monoisotopic (exact) mass is 273 g/mol. The molecule has 0 unspecified atom stereocenters. The van der Waals surface area contributed by atoms with E-state index < -0.39 is 0 Å². The minimum atomic E-state index is 0.212. The lowest BCUT2D eigenvalue weighted by molar-refractivity contribution is 0.419. The van der Waals surface area contributed by atoms with Gasteiger partial charge in [0.25, 0.3) is 0 Å². The van der Waals surface area contributed by atoms with Crippen LogP contribution in [0.1, 0.15) is 39.2 Å². The number of rotatable bonds is 5. The van der Waals surface area contributed by atoms with E-state index in [0.29, 0.717) is 10.0 Å².